The molecule has 3 aromatic carbocycles. The van der Waals surface area contributed by atoms with Crippen LogP contribution >= 0.6 is 14.9 Å². The normalized spacial score (nSPS) is 12.1. The summed E-state index contributed by atoms with van der Waals surface area (Å²) in [5, 5.41) is 3.11. The van der Waals surface area contributed by atoms with Gasteiger partial charge in [0.1, 0.15) is 23.2 Å². The second-order valence-electron chi connectivity index (χ2n) is 6.91. The Kier molecular flexibility index (Phi) is 6.53. The first kappa shape index (κ1) is 21.0. The van der Waals surface area contributed by atoms with Gasteiger partial charge in [-0.1, -0.05) is 62.4 Å². The number of aryl methyl sites for hydroxylation is 1. The van der Waals surface area contributed by atoms with Gasteiger partial charge in [0.2, 0.25) is 0 Å². The van der Waals surface area contributed by atoms with Crippen LogP contribution in [0.3, 0.4) is 0 Å². The van der Waals surface area contributed by atoms with E-state index in [-0.39, 0.29) is 5.90 Å². The third-order valence-corrected chi connectivity index (χ3v) is 12.0. The molecular weight excluding hydrogens is 386 g/mol. The van der Waals surface area contributed by atoms with Gasteiger partial charge in [-0.15, -0.1) is 0 Å². The van der Waals surface area contributed by atoms with Crippen LogP contribution < -0.4 is 15.9 Å². The number of rotatable bonds is 7. The van der Waals surface area contributed by atoms with E-state index in [4.69, 9.17) is 0 Å². The summed E-state index contributed by atoms with van der Waals surface area (Å²) < 4.78 is 12.4. The highest BCUT2D eigenvalue weighted by Gasteiger charge is 2.51. The van der Waals surface area contributed by atoms with Crippen LogP contribution in [0.2, 0.25) is 0 Å². The summed E-state index contributed by atoms with van der Waals surface area (Å²) >= 11 is 0. The zero-order valence-electron chi connectivity index (χ0n) is 16.3. The molecule has 0 bridgehead atoms. The molecule has 0 aliphatic rings. The third-order valence-electron chi connectivity index (χ3n) is 5.18. The first-order valence-electron chi connectivity index (χ1n) is 9.57. The predicted octanol–water partition coefficient (Wildman–Crippen LogP) is 4.24. The molecule has 0 aromatic heterocycles. The molecule has 0 aliphatic carbocycles. The van der Waals surface area contributed by atoms with E-state index in [0.717, 1.165) is 28.8 Å². The molecule has 0 spiro atoms. The molecule has 0 aliphatic heterocycles. The monoisotopic (exact) mass is 413 g/mol. The summed E-state index contributed by atoms with van der Waals surface area (Å²) in [4.78, 5) is 20.3. The molecule has 0 saturated carbocycles. The van der Waals surface area contributed by atoms with E-state index in [1.165, 1.54) is 11.1 Å². The SMILES string of the molecule is CCc1cccc([P+](CP(=O)(O)O)(c2ccccc2)c2ccccc2)c1CC. The molecule has 3 nitrogen and oxygen atoms in total. The van der Waals surface area contributed by atoms with Crippen LogP contribution in [0.4, 0.5) is 0 Å². The average Bonchev–Trinajstić information content (AvgIpc) is 2.72. The summed E-state index contributed by atoms with van der Waals surface area (Å²) in [5.74, 6) is -0.159. The zero-order chi connectivity index (χ0) is 20.2. The molecule has 5 heteroatoms. The van der Waals surface area contributed by atoms with Crippen molar-refractivity contribution in [2.24, 2.45) is 0 Å². The molecule has 0 amide bonds. The summed E-state index contributed by atoms with van der Waals surface area (Å²) in [6.07, 6.45) is 1.73. The van der Waals surface area contributed by atoms with Crippen LogP contribution in [0.15, 0.2) is 78.9 Å². The van der Waals surface area contributed by atoms with Crippen LogP contribution in [0.25, 0.3) is 0 Å². The molecule has 3 aromatic rings. The van der Waals surface area contributed by atoms with Gasteiger partial charge >= 0.3 is 7.60 Å². The minimum atomic E-state index is -4.29. The van der Waals surface area contributed by atoms with Gasteiger partial charge in [-0.05, 0) is 54.3 Å². The van der Waals surface area contributed by atoms with E-state index in [0.29, 0.717) is 0 Å². The second-order valence-corrected chi connectivity index (χ2v) is 12.5. The smallest absolute Gasteiger partial charge is 0.322 e. The molecule has 0 heterocycles. The first-order valence-corrected chi connectivity index (χ1v) is 13.3. The summed E-state index contributed by atoms with van der Waals surface area (Å²) in [7, 11) is -6.82. The molecule has 0 atom stereocenters. The molecular formula is C23H27O3P2+. The Labute approximate surface area is 168 Å². The lowest BCUT2D eigenvalue weighted by Gasteiger charge is -2.30. The van der Waals surface area contributed by atoms with Crippen LogP contribution in [0, 0.1) is 0 Å². The average molecular weight is 413 g/mol. The van der Waals surface area contributed by atoms with Crippen LogP contribution in [-0.2, 0) is 17.4 Å². The number of benzene rings is 3. The number of hydrogen-bond donors (Lipinski definition) is 2. The number of hydrogen-bond acceptors (Lipinski definition) is 1. The standard InChI is InChI=1S/C23H26O3P2/c1-3-19-12-11-17-23(22(19)4-2)27(18-28(24,25)26,20-13-7-5-8-14-20)21-15-9-6-10-16-21/h5-17H,3-4,18H2,1-2H3,(H-,24,25,26)/p+1. The van der Waals surface area contributed by atoms with Crippen molar-refractivity contribution in [2.75, 3.05) is 5.90 Å². The molecule has 0 radical (unpaired) electrons. The highest BCUT2D eigenvalue weighted by atomic mass is 31.2. The molecule has 28 heavy (non-hydrogen) atoms. The van der Waals surface area contributed by atoms with E-state index in [2.05, 4.69) is 26.0 Å². The van der Waals surface area contributed by atoms with Crippen molar-refractivity contribution in [3.63, 3.8) is 0 Å². The Morgan fingerprint density at radius 2 is 1.29 bits per heavy atom. The Morgan fingerprint density at radius 3 is 1.71 bits per heavy atom. The lowest BCUT2D eigenvalue weighted by Crippen LogP contribution is -2.35. The maximum absolute atomic E-state index is 12.4. The van der Waals surface area contributed by atoms with E-state index in [1.54, 1.807) is 0 Å². The van der Waals surface area contributed by atoms with E-state index in [9.17, 15) is 14.4 Å². The summed E-state index contributed by atoms with van der Waals surface area (Å²) in [6, 6.07) is 26.1. The minimum absolute atomic E-state index is 0.159. The van der Waals surface area contributed by atoms with Crippen molar-refractivity contribution in [3.8, 4) is 0 Å². The molecule has 0 unspecified atom stereocenters. The maximum atomic E-state index is 12.4. The van der Waals surface area contributed by atoms with Crippen molar-refractivity contribution in [1.82, 2.24) is 0 Å². The van der Waals surface area contributed by atoms with Gasteiger partial charge in [0.15, 0.2) is 5.90 Å². The Morgan fingerprint density at radius 1 is 0.750 bits per heavy atom. The van der Waals surface area contributed by atoms with Crippen LogP contribution in [0.1, 0.15) is 25.0 Å². The van der Waals surface area contributed by atoms with E-state index >= 15 is 0 Å². The van der Waals surface area contributed by atoms with Crippen molar-refractivity contribution in [2.45, 2.75) is 26.7 Å². The van der Waals surface area contributed by atoms with E-state index in [1.807, 2.05) is 66.7 Å². The maximum Gasteiger partial charge on any atom is 0.363 e. The van der Waals surface area contributed by atoms with Gasteiger partial charge in [0, 0.05) is 0 Å². The van der Waals surface area contributed by atoms with Gasteiger partial charge in [-0.25, -0.2) is 0 Å². The molecule has 2 N–H and O–H groups in total. The van der Waals surface area contributed by atoms with Gasteiger partial charge in [-0.3, -0.25) is 4.57 Å². The lowest BCUT2D eigenvalue weighted by molar-refractivity contribution is 0.379. The van der Waals surface area contributed by atoms with Gasteiger partial charge in [0.05, 0.1) is 0 Å². The van der Waals surface area contributed by atoms with Crippen molar-refractivity contribution in [3.05, 3.63) is 90.0 Å². The van der Waals surface area contributed by atoms with Gasteiger partial charge in [-0.2, -0.15) is 0 Å². The Bertz CT molecular complexity index is 926. The fraction of sp³-hybridized carbons (Fsp3) is 0.217. The predicted molar refractivity (Wildman–Crippen MR) is 121 cm³/mol. The minimum Gasteiger partial charge on any atom is -0.322 e. The second kappa shape index (κ2) is 8.72. The largest absolute Gasteiger partial charge is 0.363 e. The van der Waals surface area contributed by atoms with Crippen molar-refractivity contribution >= 4 is 30.8 Å². The lowest BCUT2D eigenvalue weighted by atomic mass is 10.0. The first-order chi connectivity index (χ1) is 13.4. The van der Waals surface area contributed by atoms with E-state index < -0.39 is 14.9 Å². The fourth-order valence-electron chi connectivity index (χ4n) is 4.03. The summed E-state index contributed by atoms with van der Waals surface area (Å²) in [5.41, 5.74) is 2.47. The van der Waals surface area contributed by atoms with Crippen LogP contribution in [-0.4, -0.2) is 15.7 Å². The highest BCUT2D eigenvalue weighted by Crippen LogP contribution is 2.64. The van der Waals surface area contributed by atoms with Crippen LogP contribution in [0.5, 0.6) is 0 Å². The Balaban J connectivity index is 2.45. The fourth-order valence-corrected chi connectivity index (χ4v) is 11.5. The quantitative estimate of drug-likeness (QED) is 0.570. The Hall–Kier alpha value is -1.76. The molecule has 0 saturated heterocycles. The topological polar surface area (TPSA) is 57.5 Å². The zero-order valence-corrected chi connectivity index (χ0v) is 18.1. The molecule has 146 valence electrons. The van der Waals surface area contributed by atoms with Gasteiger partial charge < -0.3 is 9.79 Å². The van der Waals surface area contributed by atoms with Crippen molar-refractivity contribution < 1.29 is 14.4 Å². The third kappa shape index (κ3) is 4.14. The highest BCUT2D eigenvalue weighted by molar-refractivity contribution is 8.00. The van der Waals surface area contributed by atoms with Crippen molar-refractivity contribution in [1.29, 1.82) is 0 Å². The molecule has 3 rings (SSSR count). The molecule has 0 fully saturated rings. The van der Waals surface area contributed by atoms with Gasteiger partial charge in [0.25, 0.3) is 0 Å². The summed E-state index contributed by atoms with van der Waals surface area (Å²) in [6.45, 7) is 4.26.